The summed E-state index contributed by atoms with van der Waals surface area (Å²) in [5.41, 5.74) is 0. The maximum absolute atomic E-state index is 12.9. The average molecular weight is 339 g/mol. The molecule has 0 saturated carbocycles. The van der Waals surface area contributed by atoms with Crippen LogP contribution in [0.15, 0.2) is 36.5 Å². The third-order valence-electron chi connectivity index (χ3n) is 3.17. The molecule has 1 atom stereocenters. The van der Waals surface area contributed by atoms with Gasteiger partial charge in [-0.05, 0) is 31.2 Å². The molecular weight excluding hydrogens is 321 g/mol. The van der Waals surface area contributed by atoms with Gasteiger partial charge in [-0.15, -0.1) is 0 Å². The molecule has 0 bridgehead atoms. The molecule has 124 valence electrons. The highest BCUT2D eigenvalue weighted by Gasteiger charge is 2.18. The van der Waals surface area contributed by atoms with Crippen molar-refractivity contribution in [2.24, 2.45) is 0 Å². The van der Waals surface area contributed by atoms with Crippen molar-refractivity contribution in [3.8, 4) is 11.6 Å². The molecule has 2 aromatic rings. The number of halogens is 1. The van der Waals surface area contributed by atoms with Crippen molar-refractivity contribution in [1.29, 1.82) is 0 Å². The van der Waals surface area contributed by atoms with Crippen molar-refractivity contribution in [3.63, 3.8) is 0 Å². The first-order chi connectivity index (χ1) is 10.7. The molecule has 0 spiro atoms. The average Bonchev–Trinajstić information content (AvgIpc) is 2.47. The molecular formula is C15H18FN3O3S. The molecule has 6 nitrogen and oxygen atoms in total. The third-order valence-corrected chi connectivity index (χ3v) is 4.26. The number of ether oxygens (including phenoxy) is 1. The summed E-state index contributed by atoms with van der Waals surface area (Å²) in [6.45, 7) is 1.78. The number of anilines is 1. The summed E-state index contributed by atoms with van der Waals surface area (Å²) < 4.78 is 41.2. The molecule has 8 heteroatoms. The molecule has 0 fully saturated rings. The maximum atomic E-state index is 12.9. The number of aromatic nitrogens is 2. The smallest absolute Gasteiger partial charge is 0.228 e. The van der Waals surface area contributed by atoms with E-state index in [1.54, 1.807) is 24.9 Å². The number of nitrogens with zero attached hydrogens (tertiary/aromatic N) is 3. The first-order valence-corrected chi connectivity index (χ1v) is 8.98. The van der Waals surface area contributed by atoms with Crippen LogP contribution in [0.4, 0.5) is 10.3 Å². The second kappa shape index (κ2) is 6.91. The minimum absolute atomic E-state index is 0.00406. The molecule has 0 saturated heterocycles. The molecule has 23 heavy (non-hydrogen) atoms. The van der Waals surface area contributed by atoms with Crippen molar-refractivity contribution in [2.75, 3.05) is 24.0 Å². The minimum atomic E-state index is -3.10. The summed E-state index contributed by atoms with van der Waals surface area (Å²) in [4.78, 5) is 10.0. The first-order valence-electron chi connectivity index (χ1n) is 6.91. The van der Waals surface area contributed by atoms with Gasteiger partial charge in [0.2, 0.25) is 11.8 Å². The Labute approximate surface area is 134 Å². The summed E-state index contributed by atoms with van der Waals surface area (Å²) in [6, 6.07) is 6.85. The van der Waals surface area contributed by atoms with Crippen molar-refractivity contribution in [1.82, 2.24) is 9.97 Å². The Morgan fingerprint density at radius 3 is 2.52 bits per heavy atom. The predicted molar refractivity (Wildman–Crippen MR) is 86.1 cm³/mol. The van der Waals surface area contributed by atoms with Crippen LogP contribution in [0.2, 0.25) is 0 Å². The number of hydrogen-bond acceptors (Lipinski definition) is 6. The van der Waals surface area contributed by atoms with Crippen LogP contribution in [-0.4, -0.2) is 43.5 Å². The van der Waals surface area contributed by atoms with Gasteiger partial charge >= 0.3 is 0 Å². The number of benzene rings is 1. The van der Waals surface area contributed by atoms with E-state index in [9.17, 15) is 12.8 Å². The normalized spacial score (nSPS) is 12.7. The van der Waals surface area contributed by atoms with E-state index in [0.29, 0.717) is 17.6 Å². The van der Waals surface area contributed by atoms with E-state index in [4.69, 9.17) is 4.74 Å². The van der Waals surface area contributed by atoms with Gasteiger partial charge in [0.05, 0.1) is 5.75 Å². The topological polar surface area (TPSA) is 72.4 Å². The van der Waals surface area contributed by atoms with Gasteiger partial charge < -0.3 is 9.64 Å². The Hall–Kier alpha value is -2.22. The fourth-order valence-corrected chi connectivity index (χ4v) is 3.03. The quantitative estimate of drug-likeness (QED) is 0.804. The highest BCUT2D eigenvalue weighted by Crippen LogP contribution is 2.21. The lowest BCUT2D eigenvalue weighted by Crippen LogP contribution is -2.35. The van der Waals surface area contributed by atoms with E-state index in [2.05, 4.69) is 9.97 Å². The van der Waals surface area contributed by atoms with Crippen LogP contribution in [0.1, 0.15) is 6.92 Å². The van der Waals surface area contributed by atoms with Gasteiger partial charge in [-0.2, -0.15) is 4.98 Å². The zero-order valence-electron chi connectivity index (χ0n) is 13.1. The second-order valence-electron chi connectivity index (χ2n) is 5.30. The van der Waals surface area contributed by atoms with E-state index in [1.165, 1.54) is 36.7 Å². The van der Waals surface area contributed by atoms with Crippen LogP contribution in [0.5, 0.6) is 11.6 Å². The molecule has 0 aliphatic heterocycles. The summed E-state index contributed by atoms with van der Waals surface area (Å²) >= 11 is 0. The summed E-state index contributed by atoms with van der Waals surface area (Å²) in [6.07, 6.45) is 2.71. The highest BCUT2D eigenvalue weighted by atomic mass is 32.2. The Bertz CT molecular complexity index is 766. The Morgan fingerprint density at radius 1 is 1.26 bits per heavy atom. The molecule has 2 rings (SSSR count). The standard InChI is InChI=1S/C15H18FN3O3S/c1-11(10-23(3,20)21)19(2)15-17-9-8-14(18-15)22-13-6-4-12(16)5-7-13/h4-9,11H,10H2,1-3H3/t11-/m1/s1. The number of hydrogen-bond donors (Lipinski definition) is 0. The fourth-order valence-electron chi connectivity index (χ4n) is 1.93. The molecule has 0 unspecified atom stereocenters. The molecule has 0 N–H and O–H groups in total. The largest absolute Gasteiger partial charge is 0.439 e. The minimum Gasteiger partial charge on any atom is -0.439 e. The van der Waals surface area contributed by atoms with E-state index in [0.717, 1.165) is 0 Å². The van der Waals surface area contributed by atoms with Crippen LogP contribution in [0.25, 0.3) is 0 Å². The van der Waals surface area contributed by atoms with Crippen LogP contribution in [0.3, 0.4) is 0 Å². The third kappa shape index (κ3) is 5.17. The van der Waals surface area contributed by atoms with Gasteiger partial charge in [0, 0.05) is 31.6 Å². The van der Waals surface area contributed by atoms with E-state index in [-0.39, 0.29) is 17.6 Å². The van der Waals surface area contributed by atoms with Gasteiger partial charge in [0.1, 0.15) is 21.4 Å². The lowest BCUT2D eigenvalue weighted by Gasteiger charge is -2.24. The maximum Gasteiger partial charge on any atom is 0.228 e. The van der Waals surface area contributed by atoms with Gasteiger partial charge in [0.15, 0.2) is 0 Å². The van der Waals surface area contributed by atoms with Crippen LogP contribution in [-0.2, 0) is 9.84 Å². The molecule has 0 amide bonds. The molecule has 1 aromatic carbocycles. The summed E-state index contributed by atoms with van der Waals surface area (Å²) in [7, 11) is -1.39. The van der Waals surface area contributed by atoms with E-state index in [1.807, 2.05) is 0 Å². The van der Waals surface area contributed by atoms with Crippen molar-refractivity contribution in [2.45, 2.75) is 13.0 Å². The monoisotopic (exact) mass is 339 g/mol. The lowest BCUT2D eigenvalue weighted by molar-refractivity contribution is 0.459. The SMILES string of the molecule is C[C@H](CS(C)(=O)=O)N(C)c1nccc(Oc2ccc(F)cc2)n1. The summed E-state index contributed by atoms with van der Waals surface area (Å²) in [5.74, 6) is 0.731. The van der Waals surface area contributed by atoms with Crippen LogP contribution < -0.4 is 9.64 Å². The Kier molecular flexibility index (Phi) is 5.15. The predicted octanol–water partition coefficient (Wildman–Crippen LogP) is 2.28. The second-order valence-corrected chi connectivity index (χ2v) is 7.49. The van der Waals surface area contributed by atoms with Crippen molar-refractivity contribution < 1.29 is 17.5 Å². The number of rotatable bonds is 6. The lowest BCUT2D eigenvalue weighted by atomic mass is 10.3. The van der Waals surface area contributed by atoms with E-state index < -0.39 is 9.84 Å². The van der Waals surface area contributed by atoms with E-state index >= 15 is 0 Å². The van der Waals surface area contributed by atoms with Gasteiger partial charge in [-0.25, -0.2) is 17.8 Å². The van der Waals surface area contributed by atoms with Crippen molar-refractivity contribution >= 4 is 15.8 Å². The number of sulfone groups is 1. The molecule has 1 aromatic heterocycles. The fraction of sp³-hybridized carbons (Fsp3) is 0.333. The first kappa shape index (κ1) is 17.1. The zero-order chi connectivity index (χ0) is 17.0. The van der Waals surface area contributed by atoms with Crippen LogP contribution in [0, 0.1) is 5.82 Å². The highest BCUT2D eigenvalue weighted by molar-refractivity contribution is 7.90. The van der Waals surface area contributed by atoms with Gasteiger partial charge in [-0.3, -0.25) is 0 Å². The van der Waals surface area contributed by atoms with Gasteiger partial charge in [-0.1, -0.05) is 0 Å². The van der Waals surface area contributed by atoms with Gasteiger partial charge in [0.25, 0.3) is 0 Å². The molecule has 1 heterocycles. The van der Waals surface area contributed by atoms with Crippen molar-refractivity contribution in [3.05, 3.63) is 42.3 Å². The Balaban J connectivity index is 2.14. The molecule has 0 aliphatic carbocycles. The zero-order valence-corrected chi connectivity index (χ0v) is 13.9. The Morgan fingerprint density at radius 2 is 1.91 bits per heavy atom. The summed E-state index contributed by atoms with van der Waals surface area (Å²) in [5, 5.41) is 0. The van der Waals surface area contributed by atoms with Crippen LogP contribution >= 0.6 is 0 Å². The molecule has 0 aliphatic rings. The molecule has 0 radical (unpaired) electrons.